The standard InChI is InChI=1S/C12H17NO2S.ClH/c1-13(2)9-8-11(12(14)15)16-10-6-4-3-5-7-10;/h3-7,11H,8-9H2,1-2H3,(H,14,15);1H. The smallest absolute Gasteiger partial charge is 0.317 e. The largest absolute Gasteiger partial charge is 0.480 e. The fraction of sp³-hybridized carbons (Fsp3) is 0.417. The van der Waals surface area contributed by atoms with Crippen molar-refractivity contribution in [3.05, 3.63) is 30.3 Å². The Morgan fingerprint density at radius 2 is 1.94 bits per heavy atom. The molecular formula is C12H18ClNO2S. The summed E-state index contributed by atoms with van der Waals surface area (Å²) in [4.78, 5) is 14.1. The molecule has 3 nitrogen and oxygen atoms in total. The van der Waals surface area contributed by atoms with Gasteiger partial charge < -0.3 is 10.0 Å². The molecule has 17 heavy (non-hydrogen) atoms. The molecule has 1 aromatic rings. The van der Waals surface area contributed by atoms with Crippen molar-refractivity contribution < 1.29 is 9.90 Å². The highest BCUT2D eigenvalue weighted by Crippen LogP contribution is 2.25. The Kier molecular flexibility index (Phi) is 8.04. The first-order chi connectivity index (χ1) is 7.59. The van der Waals surface area contributed by atoms with Gasteiger partial charge in [0.15, 0.2) is 0 Å². The van der Waals surface area contributed by atoms with E-state index in [1.165, 1.54) is 11.8 Å². The maximum absolute atomic E-state index is 11.1. The third-order valence-electron chi connectivity index (χ3n) is 2.14. The zero-order chi connectivity index (χ0) is 12.0. The molecule has 0 spiro atoms. The summed E-state index contributed by atoms with van der Waals surface area (Å²) >= 11 is 1.41. The van der Waals surface area contributed by atoms with Crippen molar-refractivity contribution in [1.29, 1.82) is 0 Å². The number of rotatable bonds is 6. The average Bonchev–Trinajstić information content (AvgIpc) is 2.25. The van der Waals surface area contributed by atoms with Crippen LogP contribution in [0.5, 0.6) is 0 Å². The van der Waals surface area contributed by atoms with Crippen molar-refractivity contribution in [2.45, 2.75) is 16.6 Å². The molecule has 1 rings (SSSR count). The summed E-state index contributed by atoms with van der Waals surface area (Å²) in [6.45, 7) is 0.788. The van der Waals surface area contributed by atoms with E-state index in [-0.39, 0.29) is 17.7 Å². The molecule has 1 unspecified atom stereocenters. The second-order valence-electron chi connectivity index (χ2n) is 3.85. The van der Waals surface area contributed by atoms with E-state index >= 15 is 0 Å². The van der Waals surface area contributed by atoms with E-state index in [1.807, 2.05) is 49.3 Å². The molecule has 0 aliphatic rings. The molecule has 0 heterocycles. The van der Waals surface area contributed by atoms with Crippen molar-refractivity contribution >= 4 is 30.1 Å². The lowest BCUT2D eigenvalue weighted by atomic mass is 10.3. The molecule has 0 aliphatic carbocycles. The lowest BCUT2D eigenvalue weighted by molar-refractivity contribution is -0.136. The summed E-state index contributed by atoms with van der Waals surface area (Å²) in [7, 11) is 3.90. The van der Waals surface area contributed by atoms with Gasteiger partial charge in [-0.25, -0.2) is 0 Å². The van der Waals surface area contributed by atoms with Gasteiger partial charge in [0.05, 0.1) is 0 Å². The van der Waals surface area contributed by atoms with Gasteiger partial charge >= 0.3 is 5.97 Å². The van der Waals surface area contributed by atoms with E-state index in [0.717, 1.165) is 11.4 Å². The van der Waals surface area contributed by atoms with E-state index in [2.05, 4.69) is 0 Å². The third kappa shape index (κ3) is 6.56. The number of hydrogen-bond donors (Lipinski definition) is 1. The van der Waals surface area contributed by atoms with E-state index in [1.54, 1.807) is 0 Å². The minimum atomic E-state index is -0.740. The van der Waals surface area contributed by atoms with E-state index in [0.29, 0.717) is 6.42 Å². The molecule has 0 aliphatic heterocycles. The number of carbonyl (C=O) groups is 1. The number of aliphatic carboxylic acids is 1. The van der Waals surface area contributed by atoms with Crippen LogP contribution >= 0.6 is 24.2 Å². The van der Waals surface area contributed by atoms with Crippen LogP contribution in [-0.4, -0.2) is 41.9 Å². The molecule has 0 fully saturated rings. The van der Waals surface area contributed by atoms with Crippen molar-refractivity contribution in [1.82, 2.24) is 4.90 Å². The number of hydrogen-bond acceptors (Lipinski definition) is 3. The van der Waals surface area contributed by atoms with Gasteiger partial charge in [0, 0.05) is 4.90 Å². The molecule has 0 saturated heterocycles. The molecule has 0 saturated carbocycles. The quantitative estimate of drug-likeness (QED) is 0.811. The Balaban J connectivity index is 0.00000256. The lowest BCUT2D eigenvalue weighted by Gasteiger charge is -2.15. The maximum atomic E-state index is 11.1. The lowest BCUT2D eigenvalue weighted by Crippen LogP contribution is -2.23. The second kappa shape index (κ2) is 8.39. The Bertz CT molecular complexity index is 333. The molecular weight excluding hydrogens is 258 g/mol. The molecule has 0 radical (unpaired) electrons. The summed E-state index contributed by atoms with van der Waals surface area (Å²) in [5.74, 6) is -0.740. The number of carboxylic acids is 1. The van der Waals surface area contributed by atoms with Crippen molar-refractivity contribution in [3.8, 4) is 0 Å². The van der Waals surface area contributed by atoms with Crippen LogP contribution in [0.2, 0.25) is 0 Å². The highest BCUT2D eigenvalue weighted by atomic mass is 35.5. The van der Waals surface area contributed by atoms with Crippen molar-refractivity contribution in [3.63, 3.8) is 0 Å². The molecule has 1 atom stereocenters. The third-order valence-corrected chi connectivity index (χ3v) is 3.40. The fourth-order valence-electron chi connectivity index (χ4n) is 1.27. The minimum absolute atomic E-state index is 0. The predicted octanol–water partition coefficient (Wildman–Crippen LogP) is 2.61. The fourth-order valence-corrected chi connectivity index (χ4v) is 2.24. The maximum Gasteiger partial charge on any atom is 0.317 e. The number of nitrogens with zero attached hydrogens (tertiary/aromatic N) is 1. The molecule has 0 aromatic heterocycles. The van der Waals surface area contributed by atoms with Gasteiger partial charge in [0.25, 0.3) is 0 Å². The van der Waals surface area contributed by atoms with Gasteiger partial charge in [-0.3, -0.25) is 4.79 Å². The van der Waals surface area contributed by atoms with Gasteiger partial charge in [-0.1, -0.05) is 18.2 Å². The van der Waals surface area contributed by atoms with Crippen LogP contribution in [0.15, 0.2) is 35.2 Å². The SMILES string of the molecule is CN(C)CCC(Sc1ccccc1)C(=O)O.Cl. The first-order valence-corrected chi connectivity index (χ1v) is 6.07. The van der Waals surface area contributed by atoms with E-state index < -0.39 is 5.97 Å². The Morgan fingerprint density at radius 1 is 1.35 bits per heavy atom. The first-order valence-electron chi connectivity index (χ1n) is 5.19. The molecule has 0 amide bonds. The van der Waals surface area contributed by atoms with Gasteiger partial charge in [0.2, 0.25) is 0 Å². The highest BCUT2D eigenvalue weighted by Gasteiger charge is 2.18. The highest BCUT2D eigenvalue weighted by molar-refractivity contribution is 8.00. The van der Waals surface area contributed by atoms with Crippen LogP contribution in [0, 0.1) is 0 Å². The summed E-state index contributed by atoms with van der Waals surface area (Å²) < 4.78 is 0. The van der Waals surface area contributed by atoms with Crippen LogP contribution in [0.4, 0.5) is 0 Å². The minimum Gasteiger partial charge on any atom is -0.480 e. The summed E-state index contributed by atoms with van der Waals surface area (Å²) in [5.41, 5.74) is 0. The van der Waals surface area contributed by atoms with Crippen LogP contribution in [0.1, 0.15) is 6.42 Å². The van der Waals surface area contributed by atoms with Gasteiger partial charge in [-0.15, -0.1) is 24.2 Å². The first kappa shape index (κ1) is 16.3. The Hall–Kier alpha value is -0.710. The Labute approximate surface area is 113 Å². The summed E-state index contributed by atoms with van der Waals surface area (Å²) in [6, 6.07) is 9.66. The van der Waals surface area contributed by atoms with Gasteiger partial charge in [-0.05, 0) is 39.2 Å². The van der Waals surface area contributed by atoms with Crippen molar-refractivity contribution in [2.75, 3.05) is 20.6 Å². The number of benzene rings is 1. The monoisotopic (exact) mass is 275 g/mol. The van der Waals surface area contributed by atoms with Crippen LogP contribution in [0.3, 0.4) is 0 Å². The number of halogens is 1. The number of thioether (sulfide) groups is 1. The second-order valence-corrected chi connectivity index (χ2v) is 5.13. The van der Waals surface area contributed by atoms with E-state index in [4.69, 9.17) is 5.11 Å². The normalized spacial score (nSPS) is 11.9. The van der Waals surface area contributed by atoms with Crippen LogP contribution in [0.25, 0.3) is 0 Å². The van der Waals surface area contributed by atoms with Crippen molar-refractivity contribution in [2.24, 2.45) is 0 Å². The zero-order valence-corrected chi connectivity index (χ0v) is 11.6. The molecule has 96 valence electrons. The molecule has 5 heteroatoms. The average molecular weight is 276 g/mol. The summed E-state index contributed by atoms with van der Waals surface area (Å²) in [5, 5.41) is 8.74. The topological polar surface area (TPSA) is 40.5 Å². The zero-order valence-electron chi connectivity index (χ0n) is 10.00. The number of carboxylic acid groups (broad SMARTS) is 1. The van der Waals surface area contributed by atoms with E-state index in [9.17, 15) is 4.79 Å². The summed E-state index contributed by atoms with van der Waals surface area (Å²) in [6.07, 6.45) is 0.655. The molecule has 1 N–H and O–H groups in total. The molecule has 0 bridgehead atoms. The van der Waals surface area contributed by atoms with Gasteiger partial charge in [-0.2, -0.15) is 0 Å². The predicted molar refractivity (Wildman–Crippen MR) is 74.1 cm³/mol. The van der Waals surface area contributed by atoms with Crippen LogP contribution in [-0.2, 0) is 4.79 Å². The Morgan fingerprint density at radius 3 is 2.41 bits per heavy atom. The van der Waals surface area contributed by atoms with Crippen LogP contribution < -0.4 is 0 Å². The molecule has 1 aromatic carbocycles. The van der Waals surface area contributed by atoms with Gasteiger partial charge in [0.1, 0.15) is 5.25 Å².